The van der Waals surface area contributed by atoms with Gasteiger partial charge in [0.2, 0.25) is 17.7 Å². The van der Waals surface area contributed by atoms with Crippen molar-refractivity contribution in [1.29, 1.82) is 0 Å². The molecular formula is C30H38N8O3. The van der Waals surface area contributed by atoms with Gasteiger partial charge in [0.1, 0.15) is 12.3 Å². The van der Waals surface area contributed by atoms with E-state index in [0.29, 0.717) is 49.3 Å². The van der Waals surface area contributed by atoms with Crippen molar-refractivity contribution >= 4 is 34.9 Å². The summed E-state index contributed by atoms with van der Waals surface area (Å²) in [7, 11) is 1.83. The summed E-state index contributed by atoms with van der Waals surface area (Å²) in [6.45, 7) is 10.5. The van der Waals surface area contributed by atoms with Crippen molar-refractivity contribution in [2.45, 2.75) is 39.7 Å². The molecule has 11 heteroatoms. The number of amides is 3. The Balaban J connectivity index is 1.25. The summed E-state index contributed by atoms with van der Waals surface area (Å²) in [5.74, 6) is 1.01. The Morgan fingerprint density at radius 2 is 1.78 bits per heavy atom. The molecule has 2 aliphatic heterocycles. The minimum Gasteiger partial charge on any atom is -0.474 e. The largest absolute Gasteiger partial charge is 0.474 e. The van der Waals surface area contributed by atoms with E-state index in [1.165, 1.54) is 0 Å². The molecule has 1 atom stereocenters. The van der Waals surface area contributed by atoms with Crippen molar-refractivity contribution in [1.82, 2.24) is 24.8 Å². The lowest BCUT2D eigenvalue weighted by molar-refractivity contribution is -0.117. The highest BCUT2D eigenvalue weighted by Crippen LogP contribution is 2.33. The predicted molar refractivity (Wildman–Crippen MR) is 160 cm³/mol. The number of benzene rings is 1. The Morgan fingerprint density at radius 3 is 2.44 bits per heavy atom. The van der Waals surface area contributed by atoms with Crippen molar-refractivity contribution in [3.8, 4) is 17.0 Å². The number of aromatic nitrogens is 3. The smallest absolute Gasteiger partial charge is 0.324 e. The minimum atomic E-state index is -0.0872. The monoisotopic (exact) mass is 558 g/mol. The lowest BCUT2D eigenvalue weighted by Crippen LogP contribution is -2.47. The standard InChI is InChI=1S/C30H38N8O3/c1-5-36(6-2)14-13-35(4)30(40)37-15-16-41-28-26(37)17-24(20-31-28)34-29-32-18-23(19-33-29)22-8-10-25(11-9-22)38-21(3)7-12-27(38)39/h8-11,17-21H,5-7,12-16H2,1-4H3,(H,32,33,34)/t21-/m1/s1. The summed E-state index contributed by atoms with van der Waals surface area (Å²) >= 11 is 0. The summed E-state index contributed by atoms with van der Waals surface area (Å²) < 4.78 is 5.73. The molecule has 3 amide bonds. The maximum atomic E-state index is 13.3. The van der Waals surface area contributed by atoms with E-state index < -0.39 is 0 Å². The molecule has 1 aromatic carbocycles. The van der Waals surface area contributed by atoms with E-state index in [0.717, 1.165) is 42.9 Å². The normalized spacial score (nSPS) is 16.5. The molecule has 0 aliphatic carbocycles. The van der Waals surface area contributed by atoms with Gasteiger partial charge in [-0.05, 0) is 50.2 Å². The summed E-state index contributed by atoms with van der Waals surface area (Å²) in [6, 6.07) is 9.88. The molecule has 0 radical (unpaired) electrons. The van der Waals surface area contributed by atoms with Crippen molar-refractivity contribution in [2.24, 2.45) is 0 Å². The number of pyridine rings is 1. The molecule has 1 fully saturated rings. The van der Waals surface area contributed by atoms with Crippen molar-refractivity contribution in [3.63, 3.8) is 0 Å². The number of carbonyl (C=O) groups is 2. The molecule has 0 bridgehead atoms. The predicted octanol–water partition coefficient (Wildman–Crippen LogP) is 4.39. The van der Waals surface area contributed by atoms with Crippen LogP contribution in [0.2, 0.25) is 0 Å². The minimum absolute atomic E-state index is 0.0872. The van der Waals surface area contributed by atoms with Crippen LogP contribution in [0.25, 0.3) is 11.1 Å². The molecule has 4 heterocycles. The third kappa shape index (κ3) is 6.25. The quantitative estimate of drug-likeness (QED) is 0.412. The molecule has 216 valence electrons. The van der Waals surface area contributed by atoms with E-state index in [9.17, 15) is 9.59 Å². The highest BCUT2D eigenvalue weighted by atomic mass is 16.5. The Hall–Kier alpha value is -4.25. The fourth-order valence-corrected chi connectivity index (χ4v) is 5.21. The van der Waals surface area contributed by atoms with Gasteiger partial charge in [-0.15, -0.1) is 0 Å². The molecule has 1 saturated heterocycles. The van der Waals surface area contributed by atoms with Gasteiger partial charge in [-0.1, -0.05) is 26.0 Å². The maximum absolute atomic E-state index is 13.3. The molecule has 2 aromatic heterocycles. The first-order chi connectivity index (χ1) is 19.9. The van der Waals surface area contributed by atoms with E-state index in [-0.39, 0.29) is 18.0 Å². The van der Waals surface area contributed by atoms with Crippen LogP contribution < -0.4 is 19.9 Å². The Labute approximate surface area is 241 Å². The molecular weight excluding hydrogens is 520 g/mol. The number of hydrogen-bond donors (Lipinski definition) is 1. The van der Waals surface area contributed by atoms with Gasteiger partial charge < -0.3 is 24.8 Å². The average molecular weight is 559 g/mol. The molecule has 2 aliphatic rings. The van der Waals surface area contributed by atoms with Crippen molar-refractivity contribution in [3.05, 3.63) is 48.9 Å². The zero-order valence-electron chi connectivity index (χ0n) is 24.2. The van der Waals surface area contributed by atoms with Gasteiger partial charge >= 0.3 is 6.03 Å². The lowest BCUT2D eigenvalue weighted by atomic mass is 10.1. The third-order valence-electron chi connectivity index (χ3n) is 7.75. The maximum Gasteiger partial charge on any atom is 0.324 e. The molecule has 41 heavy (non-hydrogen) atoms. The third-order valence-corrected chi connectivity index (χ3v) is 7.75. The number of nitrogens with one attached hydrogen (secondary N) is 1. The Bertz CT molecular complexity index is 1360. The number of carbonyl (C=O) groups excluding carboxylic acids is 2. The highest BCUT2D eigenvalue weighted by molar-refractivity contribution is 5.96. The van der Waals surface area contributed by atoms with Crippen LogP contribution in [-0.4, -0.2) is 89.1 Å². The number of fused-ring (bicyclic) bond motifs is 1. The lowest BCUT2D eigenvalue weighted by Gasteiger charge is -2.33. The van der Waals surface area contributed by atoms with Gasteiger partial charge in [-0.25, -0.2) is 19.7 Å². The van der Waals surface area contributed by atoms with Crippen LogP contribution in [0, 0.1) is 0 Å². The molecule has 0 spiro atoms. The first-order valence-corrected chi connectivity index (χ1v) is 14.3. The van der Waals surface area contributed by atoms with Gasteiger partial charge in [0.15, 0.2) is 0 Å². The number of anilines is 4. The molecule has 5 rings (SSSR count). The van der Waals surface area contributed by atoms with Gasteiger partial charge in [-0.3, -0.25) is 9.69 Å². The van der Waals surface area contributed by atoms with E-state index in [1.807, 2.05) is 42.3 Å². The van der Waals surface area contributed by atoms with Crippen molar-refractivity contribution < 1.29 is 14.3 Å². The number of ether oxygens (including phenoxy) is 1. The van der Waals surface area contributed by atoms with Gasteiger partial charge in [-0.2, -0.15) is 0 Å². The van der Waals surface area contributed by atoms with Gasteiger partial charge in [0.05, 0.1) is 18.4 Å². The van der Waals surface area contributed by atoms with Crippen LogP contribution in [0.3, 0.4) is 0 Å². The topological polar surface area (TPSA) is 107 Å². The zero-order chi connectivity index (χ0) is 28.9. The SMILES string of the molecule is CCN(CC)CCN(C)C(=O)N1CCOc2ncc(Nc3ncc(-c4ccc(N5C(=O)CC[C@H]5C)cc4)cn3)cc21. The molecule has 1 N–H and O–H groups in total. The fourth-order valence-electron chi connectivity index (χ4n) is 5.21. The van der Waals surface area contributed by atoms with Crippen LogP contribution in [0.4, 0.5) is 27.8 Å². The van der Waals surface area contributed by atoms with Crippen molar-refractivity contribution in [2.75, 3.05) is 61.5 Å². The molecule has 3 aromatic rings. The molecule has 0 saturated carbocycles. The first-order valence-electron chi connectivity index (χ1n) is 14.3. The Kier molecular flexibility index (Phi) is 8.63. The number of hydrogen-bond acceptors (Lipinski definition) is 8. The number of rotatable bonds is 9. The first kappa shape index (κ1) is 28.3. The van der Waals surface area contributed by atoms with E-state index in [2.05, 4.69) is 45.9 Å². The van der Waals surface area contributed by atoms with Crippen LogP contribution in [0.5, 0.6) is 5.88 Å². The van der Waals surface area contributed by atoms with E-state index in [4.69, 9.17) is 4.74 Å². The number of likely N-dealkylation sites (N-methyl/N-ethyl adjacent to an activating group) is 2. The van der Waals surface area contributed by atoms with Crippen LogP contribution in [0.1, 0.15) is 33.6 Å². The second-order valence-corrected chi connectivity index (χ2v) is 10.4. The summed E-state index contributed by atoms with van der Waals surface area (Å²) in [5, 5.41) is 3.19. The van der Waals surface area contributed by atoms with Gasteiger partial charge in [0, 0.05) is 56.2 Å². The second kappa shape index (κ2) is 12.5. The number of nitrogens with zero attached hydrogens (tertiary/aromatic N) is 7. The molecule has 11 nitrogen and oxygen atoms in total. The van der Waals surface area contributed by atoms with E-state index >= 15 is 0 Å². The fraction of sp³-hybridized carbons (Fsp3) is 0.433. The van der Waals surface area contributed by atoms with Gasteiger partial charge in [0.25, 0.3) is 0 Å². The summed E-state index contributed by atoms with van der Waals surface area (Å²) in [4.78, 5) is 46.5. The summed E-state index contributed by atoms with van der Waals surface area (Å²) in [6.07, 6.45) is 6.64. The average Bonchev–Trinajstić information content (AvgIpc) is 3.34. The van der Waals surface area contributed by atoms with Crippen LogP contribution in [-0.2, 0) is 4.79 Å². The highest BCUT2D eigenvalue weighted by Gasteiger charge is 2.29. The van der Waals surface area contributed by atoms with E-state index in [1.54, 1.807) is 28.4 Å². The number of urea groups is 1. The Morgan fingerprint density at radius 1 is 1.05 bits per heavy atom. The zero-order valence-corrected chi connectivity index (χ0v) is 24.2. The van der Waals surface area contributed by atoms with Crippen LogP contribution >= 0.6 is 0 Å². The van der Waals surface area contributed by atoms with Crippen LogP contribution in [0.15, 0.2) is 48.9 Å². The second-order valence-electron chi connectivity index (χ2n) is 10.4. The summed E-state index contributed by atoms with van der Waals surface area (Å²) in [5.41, 5.74) is 4.01. The molecule has 0 unspecified atom stereocenters.